The molecule has 0 aliphatic carbocycles. The third-order valence-electron chi connectivity index (χ3n) is 3.99. The van der Waals surface area contributed by atoms with Gasteiger partial charge < -0.3 is 24.1 Å². The third-order valence-corrected chi connectivity index (χ3v) is 3.99. The van der Waals surface area contributed by atoms with E-state index < -0.39 is 0 Å². The molecular weight excluding hydrogens is 348 g/mol. The molecule has 0 fully saturated rings. The summed E-state index contributed by atoms with van der Waals surface area (Å²) in [5, 5.41) is 6.71. The van der Waals surface area contributed by atoms with E-state index in [1.165, 1.54) is 6.08 Å². The van der Waals surface area contributed by atoms with E-state index in [4.69, 9.17) is 18.7 Å². The molecule has 0 unspecified atom stereocenters. The van der Waals surface area contributed by atoms with Gasteiger partial charge in [0.05, 0.1) is 18.4 Å². The largest absolute Gasteiger partial charge is 0.493 e. The molecule has 2 aromatic rings. The molecule has 2 rings (SSSR count). The van der Waals surface area contributed by atoms with Crippen LogP contribution in [0, 0.1) is 13.8 Å². The molecule has 27 heavy (non-hydrogen) atoms. The summed E-state index contributed by atoms with van der Waals surface area (Å²) >= 11 is 0. The predicted molar refractivity (Wildman–Crippen MR) is 102 cm³/mol. The third kappa shape index (κ3) is 6.14. The fourth-order valence-corrected chi connectivity index (χ4v) is 2.42. The van der Waals surface area contributed by atoms with Gasteiger partial charge in [-0.1, -0.05) is 11.2 Å². The van der Waals surface area contributed by atoms with E-state index in [2.05, 4.69) is 10.5 Å². The molecule has 0 bridgehead atoms. The molecule has 0 aliphatic heterocycles. The Morgan fingerprint density at radius 3 is 2.74 bits per heavy atom. The molecule has 0 saturated carbocycles. The maximum absolute atomic E-state index is 11.8. The van der Waals surface area contributed by atoms with Gasteiger partial charge in [-0.15, -0.1) is 0 Å². The van der Waals surface area contributed by atoms with Crippen LogP contribution in [-0.2, 0) is 16.1 Å². The number of aromatic nitrogens is 1. The lowest BCUT2D eigenvalue weighted by molar-refractivity contribution is -0.116. The fraction of sp³-hybridized carbons (Fsp3) is 0.400. The number of hydrogen-bond donors (Lipinski definition) is 1. The van der Waals surface area contributed by atoms with Crippen LogP contribution in [0.25, 0.3) is 6.08 Å². The Balaban J connectivity index is 1.96. The summed E-state index contributed by atoms with van der Waals surface area (Å²) in [6.07, 6.45) is 4.00. The van der Waals surface area contributed by atoms with Crippen molar-refractivity contribution >= 4 is 12.0 Å². The number of rotatable bonds is 10. The summed E-state index contributed by atoms with van der Waals surface area (Å²) in [4.78, 5) is 11.8. The minimum Gasteiger partial charge on any atom is -0.493 e. The van der Waals surface area contributed by atoms with E-state index in [1.54, 1.807) is 20.3 Å². The fourth-order valence-electron chi connectivity index (χ4n) is 2.42. The highest BCUT2D eigenvalue weighted by atomic mass is 16.5. The van der Waals surface area contributed by atoms with E-state index in [1.807, 2.05) is 32.0 Å². The molecule has 1 aromatic carbocycles. The van der Waals surface area contributed by atoms with E-state index >= 15 is 0 Å². The Morgan fingerprint density at radius 2 is 2.07 bits per heavy atom. The maximum atomic E-state index is 11.8. The van der Waals surface area contributed by atoms with Gasteiger partial charge in [0, 0.05) is 26.3 Å². The highest BCUT2D eigenvalue weighted by Crippen LogP contribution is 2.30. The number of hydrogen-bond acceptors (Lipinski definition) is 6. The topological polar surface area (TPSA) is 82.8 Å². The molecule has 1 amide bonds. The van der Waals surface area contributed by atoms with Crippen LogP contribution in [-0.4, -0.2) is 38.4 Å². The second-order valence-corrected chi connectivity index (χ2v) is 5.97. The molecule has 1 heterocycles. The van der Waals surface area contributed by atoms with E-state index in [-0.39, 0.29) is 5.91 Å². The van der Waals surface area contributed by atoms with E-state index in [0.29, 0.717) is 31.3 Å². The number of carbonyl (C=O) groups is 1. The lowest BCUT2D eigenvalue weighted by Gasteiger charge is -2.11. The number of ether oxygens (including phenoxy) is 3. The van der Waals surface area contributed by atoms with Crippen molar-refractivity contribution in [3.8, 4) is 11.5 Å². The average molecular weight is 374 g/mol. The average Bonchev–Trinajstić information content (AvgIpc) is 3.00. The standard InChI is InChI=1S/C20H26N2O5/c1-14-17(15(2)27-22-14)13-26-18-8-6-16(12-19(18)25-4)7-9-20(23)21-10-5-11-24-3/h6-9,12H,5,10-11,13H2,1-4H3,(H,21,23)/b9-7+. The first-order valence-corrected chi connectivity index (χ1v) is 8.72. The normalized spacial score (nSPS) is 11.0. The Labute approximate surface area is 159 Å². The van der Waals surface area contributed by atoms with Crippen molar-refractivity contribution in [2.45, 2.75) is 26.9 Å². The molecule has 146 valence electrons. The second-order valence-electron chi connectivity index (χ2n) is 5.97. The molecular formula is C20H26N2O5. The number of amides is 1. The quantitative estimate of drug-likeness (QED) is 0.508. The molecule has 0 radical (unpaired) electrons. The minimum absolute atomic E-state index is 0.149. The van der Waals surface area contributed by atoms with Crippen LogP contribution in [0.3, 0.4) is 0 Å². The summed E-state index contributed by atoms with van der Waals surface area (Å²) < 4.78 is 21.3. The monoisotopic (exact) mass is 374 g/mol. The zero-order valence-electron chi connectivity index (χ0n) is 16.2. The van der Waals surface area contributed by atoms with Gasteiger partial charge >= 0.3 is 0 Å². The number of methoxy groups -OCH3 is 2. The van der Waals surface area contributed by atoms with Crippen LogP contribution >= 0.6 is 0 Å². The highest BCUT2D eigenvalue weighted by molar-refractivity contribution is 5.91. The summed E-state index contributed by atoms with van der Waals surface area (Å²) in [5.74, 6) is 1.79. The summed E-state index contributed by atoms with van der Waals surface area (Å²) in [5.41, 5.74) is 2.57. The van der Waals surface area contributed by atoms with Gasteiger partial charge in [0.2, 0.25) is 5.91 Å². The summed E-state index contributed by atoms with van der Waals surface area (Å²) in [6.45, 7) is 5.27. The van der Waals surface area contributed by atoms with Crippen LogP contribution < -0.4 is 14.8 Å². The van der Waals surface area contributed by atoms with Gasteiger partial charge in [0.25, 0.3) is 0 Å². The van der Waals surface area contributed by atoms with E-state index in [9.17, 15) is 4.79 Å². The van der Waals surface area contributed by atoms with Crippen molar-refractivity contribution in [2.75, 3.05) is 27.4 Å². The highest BCUT2D eigenvalue weighted by Gasteiger charge is 2.11. The number of nitrogens with one attached hydrogen (secondary N) is 1. The SMILES string of the molecule is COCCCNC(=O)/C=C/c1ccc(OCc2c(C)noc2C)c(OC)c1. The van der Waals surface area contributed by atoms with Crippen LogP contribution in [0.2, 0.25) is 0 Å². The smallest absolute Gasteiger partial charge is 0.244 e. The van der Waals surface area contributed by atoms with Gasteiger partial charge in [-0.25, -0.2) is 0 Å². The Morgan fingerprint density at radius 1 is 1.26 bits per heavy atom. The zero-order valence-corrected chi connectivity index (χ0v) is 16.2. The first-order chi connectivity index (χ1) is 13.0. The van der Waals surface area contributed by atoms with Gasteiger partial charge in [-0.3, -0.25) is 4.79 Å². The number of aryl methyl sites for hydroxylation is 2. The number of carbonyl (C=O) groups excluding carboxylic acids is 1. The second kappa shape index (κ2) is 10.4. The predicted octanol–water partition coefficient (Wildman–Crippen LogP) is 3.04. The molecule has 0 aliphatic rings. The van der Waals surface area contributed by atoms with Crippen molar-refractivity contribution in [3.05, 3.63) is 46.9 Å². The van der Waals surface area contributed by atoms with Crippen molar-refractivity contribution in [2.24, 2.45) is 0 Å². The molecule has 7 nitrogen and oxygen atoms in total. The maximum Gasteiger partial charge on any atom is 0.244 e. The number of nitrogens with zero attached hydrogens (tertiary/aromatic N) is 1. The summed E-state index contributed by atoms with van der Waals surface area (Å²) in [7, 11) is 3.21. The van der Waals surface area contributed by atoms with Crippen LogP contribution in [0.4, 0.5) is 0 Å². The van der Waals surface area contributed by atoms with Crippen molar-refractivity contribution < 1.29 is 23.5 Å². The van der Waals surface area contributed by atoms with Gasteiger partial charge in [0.1, 0.15) is 12.4 Å². The first-order valence-electron chi connectivity index (χ1n) is 8.72. The van der Waals surface area contributed by atoms with Gasteiger partial charge in [0.15, 0.2) is 11.5 Å². The van der Waals surface area contributed by atoms with Crippen molar-refractivity contribution in [3.63, 3.8) is 0 Å². The molecule has 1 aromatic heterocycles. The van der Waals surface area contributed by atoms with Crippen molar-refractivity contribution in [1.82, 2.24) is 10.5 Å². The van der Waals surface area contributed by atoms with E-state index in [0.717, 1.165) is 29.0 Å². The zero-order chi connectivity index (χ0) is 19.6. The molecule has 7 heteroatoms. The first kappa shape index (κ1) is 20.5. The minimum atomic E-state index is -0.149. The molecule has 0 spiro atoms. The van der Waals surface area contributed by atoms with Crippen LogP contribution in [0.15, 0.2) is 28.8 Å². The summed E-state index contributed by atoms with van der Waals surface area (Å²) in [6, 6.07) is 5.49. The Kier molecular flexibility index (Phi) is 7.88. The Hall–Kier alpha value is -2.80. The lowest BCUT2D eigenvalue weighted by atomic mass is 10.2. The Bertz CT molecular complexity index is 763. The lowest BCUT2D eigenvalue weighted by Crippen LogP contribution is -2.22. The molecule has 0 atom stereocenters. The molecule has 0 saturated heterocycles. The van der Waals surface area contributed by atoms with Gasteiger partial charge in [-0.05, 0) is 44.0 Å². The number of benzene rings is 1. The van der Waals surface area contributed by atoms with Gasteiger partial charge in [-0.2, -0.15) is 0 Å². The molecule has 1 N–H and O–H groups in total. The van der Waals surface area contributed by atoms with Crippen molar-refractivity contribution in [1.29, 1.82) is 0 Å². The van der Waals surface area contributed by atoms with Crippen LogP contribution in [0.1, 0.15) is 29.0 Å². The van der Waals surface area contributed by atoms with Crippen LogP contribution in [0.5, 0.6) is 11.5 Å².